The Hall–Kier alpha value is -3.35. The molecular weight excluding hydrogens is 440 g/mol. The van der Waals surface area contributed by atoms with E-state index in [9.17, 15) is 4.79 Å². The molecule has 0 aliphatic rings. The first-order valence-electron chi connectivity index (χ1n) is 10.1. The number of nitrogens with one attached hydrogen (secondary N) is 1. The van der Waals surface area contributed by atoms with Crippen molar-refractivity contribution in [3.8, 4) is 11.1 Å². The monoisotopic (exact) mass is 458 g/mol. The predicted molar refractivity (Wildman–Crippen MR) is 129 cm³/mol. The van der Waals surface area contributed by atoms with Gasteiger partial charge in [0.15, 0.2) is 0 Å². The second-order valence-corrected chi connectivity index (χ2v) is 8.86. The highest BCUT2D eigenvalue weighted by molar-refractivity contribution is 7.98. The molecule has 158 valence electrons. The molecule has 0 spiro atoms. The molecule has 0 fully saturated rings. The van der Waals surface area contributed by atoms with E-state index < -0.39 is 0 Å². The summed E-state index contributed by atoms with van der Waals surface area (Å²) in [6.45, 7) is 0. The van der Waals surface area contributed by atoms with Crippen LogP contribution in [0.1, 0.15) is 17.1 Å². The Morgan fingerprint density at radius 2 is 1.56 bits per heavy atom. The van der Waals surface area contributed by atoms with Crippen LogP contribution in [-0.2, 0) is 12.2 Å². The standard InChI is InChI=1S/C25H19ClN4OS/c26-20-10-6-18(7-11-20)19-8-12-22(13-9-19)32-16-21-15-24(31)30-25(27-21)28-23(29-30)14-17-4-2-1-3-5-17/h1-13,15H,14,16H2,(H,27,28,29). The quantitative estimate of drug-likeness (QED) is 0.335. The number of aromatic nitrogens is 4. The normalized spacial score (nSPS) is 11.2. The highest BCUT2D eigenvalue weighted by atomic mass is 35.5. The Bertz CT molecular complexity index is 1410. The maximum Gasteiger partial charge on any atom is 0.274 e. The summed E-state index contributed by atoms with van der Waals surface area (Å²) < 4.78 is 1.40. The maximum absolute atomic E-state index is 12.5. The molecular formula is C25H19ClN4OS. The lowest BCUT2D eigenvalue weighted by atomic mass is 10.1. The minimum absolute atomic E-state index is 0.157. The van der Waals surface area contributed by atoms with E-state index in [-0.39, 0.29) is 5.56 Å². The van der Waals surface area contributed by atoms with Crippen LogP contribution in [0.5, 0.6) is 0 Å². The Kier molecular flexibility index (Phi) is 5.79. The summed E-state index contributed by atoms with van der Waals surface area (Å²) in [7, 11) is 0. The van der Waals surface area contributed by atoms with Crippen molar-refractivity contribution in [1.29, 1.82) is 0 Å². The largest absolute Gasteiger partial charge is 0.275 e. The number of nitrogens with zero attached hydrogens (tertiary/aromatic N) is 3. The number of fused-ring (bicyclic) bond motifs is 1. The zero-order chi connectivity index (χ0) is 21.9. The molecule has 5 rings (SSSR count). The van der Waals surface area contributed by atoms with Crippen LogP contribution in [0.4, 0.5) is 0 Å². The first-order chi connectivity index (χ1) is 15.6. The van der Waals surface area contributed by atoms with Gasteiger partial charge in [0, 0.05) is 28.2 Å². The smallest absolute Gasteiger partial charge is 0.274 e. The van der Waals surface area contributed by atoms with Crippen molar-refractivity contribution >= 4 is 29.1 Å². The van der Waals surface area contributed by atoms with Crippen molar-refractivity contribution in [3.05, 3.63) is 117 Å². The van der Waals surface area contributed by atoms with Gasteiger partial charge in [-0.2, -0.15) is 9.50 Å². The number of aromatic amines is 1. The van der Waals surface area contributed by atoms with E-state index in [1.165, 1.54) is 4.52 Å². The van der Waals surface area contributed by atoms with Crippen molar-refractivity contribution in [1.82, 2.24) is 19.6 Å². The average Bonchev–Trinajstić information content (AvgIpc) is 3.22. The van der Waals surface area contributed by atoms with Crippen molar-refractivity contribution < 1.29 is 0 Å². The number of benzene rings is 3. The zero-order valence-electron chi connectivity index (χ0n) is 17.0. The Morgan fingerprint density at radius 3 is 2.28 bits per heavy atom. The van der Waals surface area contributed by atoms with Gasteiger partial charge in [0.25, 0.3) is 11.3 Å². The molecule has 0 saturated heterocycles. The highest BCUT2D eigenvalue weighted by Crippen LogP contribution is 2.27. The van der Waals surface area contributed by atoms with Gasteiger partial charge in [-0.1, -0.05) is 66.2 Å². The van der Waals surface area contributed by atoms with E-state index in [1.54, 1.807) is 17.8 Å². The van der Waals surface area contributed by atoms with E-state index in [2.05, 4.69) is 39.3 Å². The molecule has 0 bridgehead atoms. The molecule has 0 atom stereocenters. The van der Waals surface area contributed by atoms with Gasteiger partial charge in [-0.05, 0) is 41.0 Å². The molecule has 2 aromatic heterocycles. The number of halogens is 1. The minimum Gasteiger partial charge on any atom is -0.275 e. The summed E-state index contributed by atoms with van der Waals surface area (Å²) >= 11 is 7.61. The van der Waals surface area contributed by atoms with Crippen LogP contribution in [0.25, 0.3) is 16.9 Å². The van der Waals surface area contributed by atoms with Crippen LogP contribution < -0.4 is 5.56 Å². The molecule has 5 nitrogen and oxygen atoms in total. The molecule has 0 radical (unpaired) electrons. The van der Waals surface area contributed by atoms with Crippen LogP contribution >= 0.6 is 23.4 Å². The maximum atomic E-state index is 12.5. The fourth-order valence-electron chi connectivity index (χ4n) is 3.46. The van der Waals surface area contributed by atoms with Crippen molar-refractivity contribution in [3.63, 3.8) is 0 Å². The number of rotatable bonds is 6. The van der Waals surface area contributed by atoms with Crippen LogP contribution in [0.15, 0.2) is 94.6 Å². The van der Waals surface area contributed by atoms with Gasteiger partial charge in [0.1, 0.15) is 5.82 Å². The number of H-pyrrole nitrogens is 1. The zero-order valence-corrected chi connectivity index (χ0v) is 18.6. The van der Waals surface area contributed by atoms with E-state index >= 15 is 0 Å². The Balaban J connectivity index is 1.30. The topological polar surface area (TPSA) is 63.0 Å². The first-order valence-corrected chi connectivity index (χ1v) is 11.5. The summed E-state index contributed by atoms with van der Waals surface area (Å²) in [6, 6.07) is 27.7. The van der Waals surface area contributed by atoms with Crippen LogP contribution in [-0.4, -0.2) is 19.6 Å². The van der Waals surface area contributed by atoms with Gasteiger partial charge >= 0.3 is 0 Å². The minimum atomic E-state index is -0.157. The van der Waals surface area contributed by atoms with Crippen molar-refractivity contribution in [2.75, 3.05) is 0 Å². The molecule has 0 aliphatic heterocycles. The fourth-order valence-corrected chi connectivity index (χ4v) is 4.37. The van der Waals surface area contributed by atoms with Gasteiger partial charge in [-0.25, -0.2) is 4.98 Å². The van der Waals surface area contributed by atoms with Gasteiger partial charge < -0.3 is 0 Å². The lowest BCUT2D eigenvalue weighted by Crippen LogP contribution is -2.15. The predicted octanol–water partition coefficient (Wildman–Crippen LogP) is 5.62. The van der Waals surface area contributed by atoms with Crippen LogP contribution in [0.3, 0.4) is 0 Å². The molecule has 2 heterocycles. The third-order valence-corrected chi connectivity index (χ3v) is 6.36. The second-order valence-electron chi connectivity index (χ2n) is 7.37. The molecule has 0 unspecified atom stereocenters. The lowest BCUT2D eigenvalue weighted by molar-refractivity contribution is 0.856. The Labute approximate surface area is 194 Å². The number of thioether (sulfide) groups is 1. The summed E-state index contributed by atoms with van der Waals surface area (Å²) in [4.78, 5) is 22.7. The van der Waals surface area contributed by atoms with Crippen LogP contribution in [0.2, 0.25) is 5.02 Å². The van der Waals surface area contributed by atoms with E-state index in [0.29, 0.717) is 29.5 Å². The molecule has 0 saturated carbocycles. The molecule has 0 aliphatic carbocycles. The fraction of sp³-hybridized carbons (Fsp3) is 0.0800. The summed E-state index contributed by atoms with van der Waals surface area (Å²) in [5, 5.41) is 3.78. The molecule has 5 aromatic rings. The molecule has 32 heavy (non-hydrogen) atoms. The SMILES string of the molecule is O=c1cc(CSc2ccc(-c3ccc(Cl)cc3)cc2)nc2nc(Cc3ccccc3)[nH]n12. The first kappa shape index (κ1) is 20.5. The molecule has 7 heteroatoms. The van der Waals surface area contributed by atoms with E-state index in [0.717, 1.165) is 26.6 Å². The highest BCUT2D eigenvalue weighted by Gasteiger charge is 2.09. The summed E-state index contributed by atoms with van der Waals surface area (Å²) in [5.74, 6) is 1.70. The van der Waals surface area contributed by atoms with Gasteiger partial charge in [-0.15, -0.1) is 11.8 Å². The summed E-state index contributed by atoms with van der Waals surface area (Å²) in [5.41, 5.74) is 3.93. The van der Waals surface area contributed by atoms with Gasteiger partial charge in [0.2, 0.25) is 0 Å². The number of hydrogen-bond acceptors (Lipinski definition) is 4. The van der Waals surface area contributed by atoms with Crippen LogP contribution in [0, 0.1) is 0 Å². The number of hydrogen-bond donors (Lipinski definition) is 1. The van der Waals surface area contributed by atoms with Crippen molar-refractivity contribution in [2.24, 2.45) is 0 Å². The molecule has 3 aromatic carbocycles. The average molecular weight is 459 g/mol. The van der Waals surface area contributed by atoms with Gasteiger partial charge in [0.05, 0.1) is 5.69 Å². The third-order valence-electron chi connectivity index (χ3n) is 5.06. The molecule has 1 N–H and O–H groups in total. The lowest BCUT2D eigenvalue weighted by Gasteiger charge is -2.05. The van der Waals surface area contributed by atoms with Crippen molar-refractivity contribution in [2.45, 2.75) is 17.1 Å². The van der Waals surface area contributed by atoms with Gasteiger partial charge in [-0.3, -0.25) is 9.89 Å². The van der Waals surface area contributed by atoms with E-state index in [1.807, 2.05) is 54.6 Å². The summed E-state index contributed by atoms with van der Waals surface area (Å²) in [6.07, 6.45) is 0.619. The van der Waals surface area contributed by atoms with E-state index in [4.69, 9.17) is 11.6 Å². The second kappa shape index (κ2) is 9.02. The Morgan fingerprint density at radius 1 is 0.875 bits per heavy atom. The third kappa shape index (κ3) is 4.61. The molecule has 0 amide bonds.